The van der Waals surface area contributed by atoms with E-state index in [2.05, 4.69) is 18.0 Å². The van der Waals surface area contributed by atoms with Crippen LogP contribution in [0.3, 0.4) is 0 Å². The molecule has 3 heterocycles. The number of aromatic nitrogens is 1. The number of nitrogens with one attached hydrogen (secondary N) is 1. The minimum Gasteiger partial charge on any atom is -0.493 e. The first-order valence-corrected chi connectivity index (χ1v) is 9.74. The highest BCUT2D eigenvalue weighted by atomic mass is 16.5. The fourth-order valence-corrected chi connectivity index (χ4v) is 4.86. The van der Waals surface area contributed by atoms with Crippen molar-refractivity contribution in [3.63, 3.8) is 0 Å². The molecule has 5 nitrogen and oxygen atoms in total. The second kappa shape index (κ2) is 6.11. The van der Waals surface area contributed by atoms with Crippen LogP contribution in [-0.4, -0.2) is 47.2 Å². The van der Waals surface area contributed by atoms with Gasteiger partial charge in [-0.25, -0.2) is 0 Å². The van der Waals surface area contributed by atoms with Gasteiger partial charge in [-0.05, 0) is 37.1 Å². The standard InChI is InChI=1S/C23H24N2O3/c1-14-15(2)24-21-16(14)7-5-8-18(21)22(27)25-10-19-17-6-3-4-9-20(17)28-13-23(19,11-25)12-26/h3-9,19,24,26H,10-13H2,1-2H3. The van der Waals surface area contributed by atoms with Crippen molar-refractivity contribution in [3.05, 3.63) is 64.8 Å². The predicted molar refractivity (Wildman–Crippen MR) is 108 cm³/mol. The number of carbonyl (C=O) groups excluding carboxylic acids is 1. The molecule has 2 aliphatic rings. The third kappa shape index (κ3) is 2.32. The van der Waals surface area contributed by atoms with E-state index in [1.54, 1.807) is 0 Å². The number of hydrogen-bond acceptors (Lipinski definition) is 3. The van der Waals surface area contributed by atoms with Crippen molar-refractivity contribution in [1.82, 2.24) is 9.88 Å². The summed E-state index contributed by atoms with van der Waals surface area (Å²) in [5.41, 5.74) is 4.48. The van der Waals surface area contributed by atoms with E-state index < -0.39 is 5.41 Å². The molecule has 2 N–H and O–H groups in total. The summed E-state index contributed by atoms with van der Waals surface area (Å²) in [6.07, 6.45) is 0. The zero-order valence-electron chi connectivity index (χ0n) is 16.2. The van der Waals surface area contributed by atoms with Crippen molar-refractivity contribution in [2.24, 2.45) is 5.41 Å². The number of nitrogens with zero attached hydrogens (tertiary/aromatic N) is 1. The molecule has 3 aromatic rings. The van der Waals surface area contributed by atoms with Gasteiger partial charge in [-0.2, -0.15) is 0 Å². The zero-order chi connectivity index (χ0) is 19.5. The molecule has 28 heavy (non-hydrogen) atoms. The van der Waals surface area contributed by atoms with E-state index >= 15 is 0 Å². The van der Waals surface area contributed by atoms with Crippen molar-refractivity contribution >= 4 is 16.8 Å². The van der Waals surface area contributed by atoms with Gasteiger partial charge < -0.3 is 19.7 Å². The van der Waals surface area contributed by atoms with Crippen molar-refractivity contribution in [2.45, 2.75) is 19.8 Å². The number of aromatic amines is 1. The van der Waals surface area contributed by atoms with Gasteiger partial charge in [-0.1, -0.05) is 30.3 Å². The van der Waals surface area contributed by atoms with E-state index in [1.807, 2.05) is 48.2 Å². The summed E-state index contributed by atoms with van der Waals surface area (Å²) in [5.74, 6) is 0.952. The van der Waals surface area contributed by atoms with Crippen LogP contribution in [0.2, 0.25) is 0 Å². The number of para-hydroxylation sites is 2. The molecule has 2 unspecified atom stereocenters. The van der Waals surface area contributed by atoms with Crippen molar-refractivity contribution in [1.29, 1.82) is 0 Å². The summed E-state index contributed by atoms with van der Waals surface area (Å²) in [6, 6.07) is 13.8. The average molecular weight is 376 g/mol. The van der Waals surface area contributed by atoms with Crippen molar-refractivity contribution in [2.75, 3.05) is 26.3 Å². The van der Waals surface area contributed by atoms with Crippen LogP contribution in [0.5, 0.6) is 5.75 Å². The first-order chi connectivity index (χ1) is 13.5. The SMILES string of the molecule is Cc1[nH]c2c(C(=O)N3CC4c5ccccc5OCC4(CO)C3)cccc2c1C. The molecule has 0 aliphatic carbocycles. The molecule has 0 radical (unpaired) electrons. The van der Waals surface area contributed by atoms with Crippen LogP contribution in [0.15, 0.2) is 42.5 Å². The van der Waals surface area contributed by atoms with Gasteiger partial charge >= 0.3 is 0 Å². The van der Waals surface area contributed by atoms with E-state index in [-0.39, 0.29) is 18.4 Å². The van der Waals surface area contributed by atoms with Gasteiger partial charge in [-0.15, -0.1) is 0 Å². The number of aliphatic hydroxyl groups is 1. The maximum atomic E-state index is 13.5. The Morgan fingerprint density at radius 3 is 2.89 bits per heavy atom. The molecule has 0 saturated carbocycles. The molecule has 1 saturated heterocycles. The third-order valence-electron chi connectivity index (χ3n) is 6.63. The van der Waals surface area contributed by atoms with Crippen LogP contribution in [-0.2, 0) is 0 Å². The van der Waals surface area contributed by atoms with Crippen LogP contribution in [0.1, 0.15) is 33.1 Å². The van der Waals surface area contributed by atoms with Crippen LogP contribution in [0.4, 0.5) is 0 Å². The minimum atomic E-state index is -0.445. The second-order valence-electron chi connectivity index (χ2n) is 8.19. The van der Waals surface area contributed by atoms with Crippen LogP contribution in [0, 0.1) is 19.3 Å². The van der Waals surface area contributed by atoms with Gasteiger partial charge in [0, 0.05) is 30.1 Å². The van der Waals surface area contributed by atoms with Crippen LogP contribution in [0.25, 0.3) is 10.9 Å². The number of likely N-dealkylation sites (tertiary alicyclic amines) is 1. The van der Waals surface area contributed by atoms with E-state index in [1.165, 1.54) is 5.56 Å². The predicted octanol–water partition coefficient (Wildman–Crippen LogP) is 3.40. The molecule has 144 valence electrons. The van der Waals surface area contributed by atoms with Crippen molar-refractivity contribution in [3.8, 4) is 5.75 Å². The molecule has 5 heteroatoms. The monoisotopic (exact) mass is 376 g/mol. The summed E-state index contributed by atoms with van der Waals surface area (Å²) in [6.45, 7) is 5.62. The number of benzene rings is 2. The number of aryl methyl sites for hydroxylation is 2. The van der Waals surface area contributed by atoms with Gasteiger partial charge in [0.2, 0.25) is 0 Å². The normalized spacial score (nSPS) is 23.4. The maximum absolute atomic E-state index is 13.5. The molecule has 2 aliphatic heterocycles. The number of carbonyl (C=O) groups is 1. The van der Waals surface area contributed by atoms with E-state index in [9.17, 15) is 9.90 Å². The highest BCUT2D eigenvalue weighted by Gasteiger charge is 2.52. The molecule has 2 atom stereocenters. The van der Waals surface area contributed by atoms with Crippen molar-refractivity contribution < 1.29 is 14.6 Å². The molecule has 1 aromatic heterocycles. The van der Waals surface area contributed by atoms with Crippen LogP contribution < -0.4 is 4.74 Å². The number of H-pyrrole nitrogens is 1. The Bertz CT molecular complexity index is 1090. The third-order valence-corrected chi connectivity index (χ3v) is 6.63. The smallest absolute Gasteiger partial charge is 0.256 e. The van der Waals surface area contributed by atoms with E-state index in [0.29, 0.717) is 25.3 Å². The second-order valence-corrected chi connectivity index (χ2v) is 8.19. The van der Waals surface area contributed by atoms with E-state index in [0.717, 1.165) is 27.9 Å². The van der Waals surface area contributed by atoms with Gasteiger partial charge in [-0.3, -0.25) is 4.79 Å². The number of aliphatic hydroxyl groups excluding tert-OH is 1. The van der Waals surface area contributed by atoms with Crippen LogP contribution >= 0.6 is 0 Å². The largest absolute Gasteiger partial charge is 0.493 e. The fourth-order valence-electron chi connectivity index (χ4n) is 4.86. The highest BCUT2D eigenvalue weighted by molar-refractivity contribution is 6.06. The fraction of sp³-hybridized carbons (Fsp3) is 0.348. The molecule has 1 amide bonds. The lowest BCUT2D eigenvalue weighted by Crippen LogP contribution is -2.42. The molecule has 0 bridgehead atoms. The number of ether oxygens (including phenoxy) is 1. The van der Waals surface area contributed by atoms with Gasteiger partial charge in [0.15, 0.2) is 0 Å². The summed E-state index contributed by atoms with van der Waals surface area (Å²) in [5, 5.41) is 11.3. The molecular formula is C23H24N2O3. The molecular weight excluding hydrogens is 352 g/mol. The lowest BCUT2D eigenvalue weighted by Gasteiger charge is -2.37. The zero-order valence-corrected chi connectivity index (χ0v) is 16.2. The van der Waals surface area contributed by atoms with Gasteiger partial charge in [0.25, 0.3) is 5.91 Å². The highest BCUT2D eigenvalue weighted by Crippen LogP contribution is 2.49. The molecule has 0 spiro atoms. The summed E-state index contributed by atoms with van der Waals surface area (Å²) >= 11 is 0. The number of hydrogen-bond donors (Lipinski definition) is 2. The Hall–Kier alpha value is -2.79. The molecule has 2 aromatic carbocycles. The summed E-state index contributed by atoms with van der Waals surface area (Å²) in [4.78, 5) is 18.7. The number of rotatable bonds is 2. The lowest BCUT2D eigenvalue weighted by atomic mass is 9.74. The topological polar surface area (TPSA) is 65.6 Å². The molecule has 5 rings (SSSR count). The average Bonchev–Trinajstić information content (AvgIpc) is 3.26. The first-order valence-electron chi connectivity index (χ1n) is 9.74. The minimum absolute atomic E-state index is 0.000694. The number of amides is 1. The summed E-state index contributed by atoms with van der Waals surface area (Å²) in [7, 11) is 0. The van der Waals surface area contributed by atoms with E-state index in [4.69, 9.17) is 4.74 Å². The quantitative estimate of drug-likeness (QED) is 0.720. The Morgan fingerprint density at radius 1 is 1.25 bits per heavy atom. The summed E-state index contributed by atoms with van der Waals surface area (Å²) < 4.78 is 5.95. The van der Waals surface area contributed by atoms with Gasteiger partial charge in [0.05, 0.1) is 29.7 Å². The first kappa shape index (κ1) is 17.3. The Labute approximate surface area is 163 Å². The number of fused-ring (bicyclic) bond motifs is 4. The Kier molecular flexibility index (Phi) is 3.78. The van der Waals surface area contributed by atoms with Gasteiger partial charge in [0.1, 0.15) is 5.75 Å². The lowest BCUT2D eigenvalue weighted by molar-refractivity contribution is 0.0441. The molecule has 1 fully saturated rings. The Morgan fingerprint density at radius 2 is 2.07 bits per heavy atom. The Balaban J connectivity index is 1.54. The maximum Gasteiger partial charge on any atom is 0.256 e.